The fourth-order valence-electron chi connectivity index (χ4n) is 2.88. The summed E-state index contributed by atoms with van der Waals surface area (Å²) in [6, 6.07) is 10.4. The number of hydrogen-bond acceptors (Lipinski definition) is 4. The number of benzene rings is 1. The number of nitrogens with one attached hydrogen (secondary N) is 1. The molecule has 6 heteroatoms. The highest BCUT2D eigenvalue weighted by atomic mass is 16.5. The zero-order valence-electron chi connectivity index (χ0n) is 14.0. The van der Waals surface area contributed by atoms with Crippen molar-refractivity contribution in [2.24, 2.45) is 0 Å². The third-order valence-corrected chi connectivity index (χ3v) is 4.28. The van der Waals surface area contributed by atoms with E-state index in [2.05, 4.69) is 4.98 Å². The quantitative estimate of drug-likeness (QED) is 0.670. The monoisotopic (exact) mass is 340 g/mol. The number of carbonyl (C=O) groups excluding carboxylic acids is 3. The molecule has 6 nitrogen and oxygen atoms in total. The fourth-order valence-corrected chi connectivity index (χ4v) is 2.88. The lowest BCUT2D eigenvalue weighted by molar-refractivity contribution is -0.140. The van der Waals surface area contributed by atoms with Crippen molar-refractivity contribution in [3.63, 3.8) is 0 Å². The second kappa shape index (κ2) is 7.34. The van der Waals surface area contributed by atoms with Gasteiger partial charge in [0, 0.05) is 30.4 Å². The van der Waals surface area contributed by atoms with Crippen molar-refractivity contribution < 1.29 is 19.1 Å². The molecular weight excluding hydrogens is 320 g/mol. The van der Waals surface area contributed by atoms with Crippen LogP contribution in [0, 0.1) is 0 Å². The van der Waals surface area contributed by atoms with Crippen LogP contribution in [0.3, 0.4) is 0 Å². The number of Topliss-reactive ketones (excluding diaryl/α,β-unsaturated/α-hetero) is 1. The van der Waals surface area contributed by atoms with E-state index in [-0.39, 0.29) is 17.4 Å². The van der Waals surface area contributed by atoms with Crippen molar-refractivity contribution >= 4 is 17.7 Å². The molecule has 0 spiro atoms. The van der Waals surface area contributed by atoms with E-state index in [0.29, 0.717) is 24.2 Å². The molecule has 25 heavy (non-hydrogen) atoms. The van der Waals surface area contributed by atoms with E-state index in [0.717, 1.165) is 12.8 Å². The predicted molar refractivity (Wildman–Crippen MR) is 91.2 cm³/mol. The smallest absolute Gasteiger partial charge is 0.355 e. The molecule has 130 valence electrons. The first-order chi connectivity index (χ1) is 12.1. The molecule has 1 N–H and O–H groups in total. The molecule has 1 amide bonds. The lowest BCUT2D eigenvalue weighted by atomic mass is 10.1. The number of nitrogens with zero attached hydrogens (tertiary/aromatic N) is 1. The Bertz CT molecular complexity index is 776. The summed E-state index contributed by atoms with van der Waals surface area (Å²) in [5.74, 6) is -1.02. The summed E-state index contributed by atoms with van der Waals surface area (Å²) in [6.45, 7) is 2.77. The van der Waals surface area contributed by atoms with E-state index in [4.69, 9.17) is 4.74 Å². The standard InChI is InChI=1S/C19H20N2O4/c1-13(22)15-11-16(20-12-15)19(24)25-17(14-7-3-2-4-8-14)18(23)21-9-5-6-10-21/h2-4,7-8,11-12,17,20H,5-6,9-10H2,1H3/t17-/m1/s1. The third kappa shape index (κ3) is 3.79. The van der Waals surface area contributed by atoms with Gasteiger partial charge in [-0.1, -0.05) is 30.3 Å². The average Bonchev–Trinajstić information content (AvgIpc) is 3.31. The van der Waals surface area contributed by atoms with E-state index in [1.807, 2.05) is 6.07 Å². The van der Waals surface area contributed by atoms with Gasteiger partial charge in [0.1, 0.15) is 5.69 Å². The van der Waals surface area contributed by atoms with E-state index in [9.17, 15) is 14.4 Å². The Hall–Kier alpha value is -2.89. The number of aromatic nitrogens is 1. The van der Waals surface area contributed by atoms with Crippen molar-refractivity contribution in [3.05, 3.63) is 59.4 Å². The van der Waals surface area contributed by atoms with E-state index < -0.39 is 12.1 Å². The number of rotatable bonds is 5. The van der Waals surface area contributed by atoms with Crippen LogP contribution in [0.1, 0.15) is 52.3 Å². The van der Waals surface area contributed by atoms with Crippen molar-refractivity contribution in [2.45, 2.75) is 25.9 Å². The van der Waals surface area contributed by atoms with E-state index in [1.165, 1.54) is 19.2 Å². The molecular formula is C19H20N2O4. The number of H-pyrrole nitrogens is 1. The molecule has 2 heterocycles. The molecule has 3 rings (SSSR count). The maximum absolute atomic E-state index is 12.8. The number of likely N-dealkylation sites (tertiary alicyclic amines) is 1. The van der Waals surface area contributed by atoms with Crippen molar-refractivity contribution in [1.29, 1.82) is 0 Å². The Morgan fingerprint density at radius 1 is 1.12 bits per heavy atom. The molecule has 0 bridgehead atoms. The summed E-state index contributed by atoms with van der Waals surface area (Å²) in [6.07, 6.45) is 2.38. The van der Waals surface area contributed by atoms with Crippen molar-refractivity contribution in [1.82, 2.24) is 9.88 Å². The lowest BCUT2D eigenvalue weighted by Crippen LogP contribution is -2.34. The SMILES string of the molecule is CC(=O)c1c[nH]c(C(=O)O[C@@H](C(=O)N2CCCC2)c2ccccc2)c1. The summed E-state index contributed by atoms with van der Waals surface area (Å²) in [4.78, 5) is 41.1. The number of hydrogen-bond donors (Lipinski definition) is 1. The van der Waals surface area contributed by atoms with Crippen molar-refractivity contribution in [2.75, 3.05) is 13.1 Å². The number of esters is 1. The maximum Gasteiger partial charge on any atom is 0.355 e. The molecule has 1 saturated heterocycles. The van der Waals surface area contributed by atoms with Crippen LogP contribution in [0.5, 0.6) is 0 Å². The summed E-state index contributed by atoms with van der Waals surface area (Å²) in [5, 5.41) is 0. The minimum Gasteiger partial charge on any atom is -0.443 e. The highest BCUT2D eigenvalue weighted by Crippen LogP contribution is 2.24. The summed E-state index contributed by atoms with van der Waals surface area (Å²) in [5.41, 5.74) is 1.18. The molecule has 1 aliphatic rings. The normalized spacial score (nSPS) is 15.0. The van der Waals surface area contributed by atoms with Crippen LogP contribution in [0.4, 0.5) is 0 Å². The second-order valence-electron chi connectivity index (χ2n) is 6.09. The Labute approximate surface area is 145 Å². The number of carbonyl (C=O) groups is 3. The molecule has 1 aromatic carbocycles. The summed E-state index contributed by atoms with van der Waals surface area (Å²) < 4.78 is 5.52. The Kier molecular flexibility index (Phi) is 4.97. The minimum absolute atomic E-state index is 0.150. The Balaban J connectivity index is 1.82. The first-order valence-corrected chi connectivity index (χ1v) is 8.30. The van der Waals surface area contributed by atoms with Gasteiger partial charge in [0.15, 0.2) is 5.78 Å². The highest BCUT2D eigenvalue weighted by molar-refractivity contribution is 5.98. The van der Waals surface area contributed by atoms with E-state index >= 15 is 0 Å². The number of amides is 1. The number of ketones is 1. The van der Waals surface area contributed by atoms with Crippen molar-refractivity contribution in [3.8, 4) is 0 Å². The van der Waals surface area contributed by atoms with E-state index in [1.54, 1.807) is 29.2 Å². The topological polar surface area (TPSA) is 79.5 Å². The zero-order chi connectivity index (χ0) is 17.8. The number of aromatic amines is 1. The van der Waals surface area contributed by atoms with Crippen LogP contribution in [0.2, 0.25) is 0 Å². The highest BCUT2D eigenvalue weighted by Gasteiger charge is 2.31. The van der Waals surface area contributed by atoms with Crippen LogP contribution in [0.15, 0.2) is 42.6 Å². The first-order valence-electron chi connectivity index (χ1n) is 8.30. The largest absolute Gasteiger partial charge is 0.443 e. The van der Waals surface area contributed by atoms with Gasteiger partial charge in [-0.3, -0.25) is 9.59 Å². The molecule has 0 aliphatic carbocycles. The number of ether oxygens (including phenoxy) is 1. The van der Waals surface area contributed by atoms with Gasteiger partial charge in [-0.25, -0.2) is 4.79 Å². The Morgan fingerprint density at radius 2 is 1.80 bits per heavy atom. The molecule has 2 aromatic rings. The van der Waals surface area contributed by atoms with Gasteiger partial charge in [-0.05, 0) is 25.8 Å². The second-order valence-corrected chi connectivity index (χ2v) is 6.09. The fraction of sp³-hybridized carbons (Fsp3) is 0.316. The molecule has 1 atom stereocenters. The molecule has 1 fully saturated rings. The Morgan fingerprint density at radius 3 is 2.40 bits per heavy atom. The summed E-state index contributed by atoms with van der Waals surface area (Å²) >= 11 is 0. The molecule has 0 saturated carbocycles. The third-order valence-electron chi connectivity index (χ3n) is 4.28. The first kappa shape index (κ1) is 17.0. The van der Waals surface area contributed by atoms with Gasteiger partial charge in [-0.2, -0.15) is 0 Å². The molecule has 1 aliphatic heterocycles. The van der Waals surface area contributed by atoms with Gasteiger partial charge in [-0.15, -0.1) is 0 Å². The predicted octanol–water partition coefficient (Wildman–Crippen LogP) is 2.74. The van der Waals surface area contributed by atoms with Crippen LogP contribution in [-0.4, -0.2) is 40.6 Å². The van der Waals surface area contributed by atoms with Crippen LogP contribution in [0.25, 0.3) is 0 Å². The molecule has 0 unspecified atom stereocenters. The maximum atomic E-state index is 12.8. The van der Waals surface area contributed by atoms with Crippen LogP contribution in [-0.2, 0) is 9.53 Å². The molecule has 1 aromatic heterocycles. The van der Waals surface area contributed by atoms with Gasteiger partial charge < -0.3 is 14.6 Å². The summed E-state index contributed by atoms with van der Waals surface area (Å²) in [7, 11) is 0. The van der Waals surface area contributed by atoms with Gasteiger partial charge in [0.25, 0.3) is 5.91 Å². The van der Waals surface area contributed by atoms with Gasteiger partial charge in [0.2, 0.25) is 6.10 Å². The molecule has 0 radical (unpaired) electrons. The zero-order valence-corrected chi connectivity index (χ0v) is 14.0. The van der Waals surface area contributed by atoms with Crippen LogP contribution >= 0.6 is 0 Å². The minimum atomic E-state index is -0.990. The van der Waals surface area contributed by atoms with Crippen LogP contribution < -0.4 is 0 Å². The average molecular weight is 340 g/mol. The van der Waals surface area contributed by atoms with Gasteiger partial charge in [0.05, 0.1) is 0 Å². The lowest BCUT2D eigenvalue weighted by Gasteiger charge is -2.23. The van der Waals surface area contributed by atoms with Gasteiger partial charge >= 0.3 is 5.97 Å².